The topological polar surface area (TPSA) is 71.1 Å². The van der Waals surface area contributed by atoms with E-state index in [0.29, 0.717) is 12.1 Å². The van der Waals surface area contributed by atoms with Gasteiger partial charge in [0.05, 0.1) is 13.2 Å². The molecular formula is C24H22F12O6. The number of carbonyl (C=O) groups excluding carboxylic acids is 2. The van der Waals surface area contributed by atoms with Gasteiger partial charge in [0.1, 0.15) is 13.2 Å². The van der Waals surface area contributed by atoms with Crippen LogP contribution in [0.3, 0.4) is 0 Å². The molecule has 0 saturated heterocycles. The second kappa shape index (κ2) is 12.9. The highest BCUT2D eigenvalue weighted by atomic mass is 19.4. The summed E-state index contributed by atoms with van der Waals surface area (Å²) in [6.07, 6.45) is -27.0. The van der Waals surface area contributed by atoms with Crippen molar-refractivity contribution in [2.24, 2.45) is 0 Å². The zero-order chi connectivity index (χ0) is 32.9. The van der Waals surface area contributed by atoms with Gasteiger partial charge in [-0.3, -0.25) is 0 Å². The molecule has 1 aromatic rings. The maximum atomic E-state index is 14.3. The summed E-state index contributed by atoms with van der Waals surface area (Å²) in [7, 11) is 0. The molecule has 18 heteroatoms. The minimum absolute atomic E-state index is 0.299. The van der Waals surface area contributed by atoms with E-state index in [0.717, 1.165) is 13.8 Å². The zero-order valence-electron chi connectivity index (χ0n) is 21.5. The lowest BCUT2D eigenvalue weighted by Crippen LogP contribution is -2.61. The molecule has 1 rings (SSSR count). The van der Waals surface area contributed by atoms with Crippen LogP contribution in [0.1, 0.15) is 25.0 Å². The van der Waals surface area contributed by atoms with Crippen LogP contribution in [-0.2, 0) is 39.7 Å². The molecule has 0 N–H and O–H groups in total. The Morgan fingerprint density at radius 1 is 0.571 bits per heavy atom. The third-order valence-corrected chi connectivity index (χ3v) is 5.25. The second-order valence-corrected chi connectivity index (χ2v) is 8.43. The number of alkyl halides is 12. The van der Waals surface area contributed by atoms with Crippen LogP contribution in [0.25, 0.3) is 0 Å². The van der Waals surface area contributed by atoms with E-state index in [1.807, 2.05) is 0 Å². The Kier molecular flexibility index (Phi) is 11.3. The van der Waals surface area contributed by atoms with E-state index in [1.165, 1.54) is 0 Å². The summed E-state index contributed by atoms with van der Waals surface area (Å²) < 4.78 is 188. The molecule has 0 aliphatic rings. The number of rotatable bonds is 12. The number of carbonyl (C=O) groups is 2. The van der Waals surface area contributed by atoms with E-state index < -0.39 is 85.4 Å². The quantitative estimate of drug-likeness (QED) is 0.112. The molecule has 0 aliphatic heterocycles. The molecule has 1 aromatic carbocycles. The molecule has 0 atom stereocenters. The lowest BCUT2D eigenvalue weighted by Gasteiger charge is -2.43. The monoisotopic (exact) mass is 634 g/mol. The van der Waals surface area contributed by atoms with Crippen LogP contribution < -0.4 is 0 Å². The van der Waals surface area contributed by atoms with E-state index in [-0.39, 0.29) is 23.3 Å². The highest BCUT2D eigenvalue weighted by molar-refractivity contribution is 5.87. The lowest BCUT2D eigenvalue weighted by molar-refractivity contribution is -0.401. The number of hydrogen-bond acceptors (Lipinski definition) is 6. The Morgan fingerprint density at radius 3 is 1.05 bits per heavy atom. The van der Waals surface area contributed by atoms with Crippen LogP contribution in [-0.4, -0.2) is 63.1 Å². The molecule has 0 amide bonds. The number of halogens is 12. The molecule has 0 aromatic heterocycles. The molecule has 0 radical (unpaired) electrons. The van der Waals surface area contributed by atoms with Crippen LogP contribution >= 0.6 is 0 Å². The van der Waals surface area contributed by atoms with Crippen molar-refractivity contribution in [2.45, 2.75) is 49.8 Å². The van der Waals surface area contributed by atoms with Crippen molar-refractivity contribution in [1.29, 1.82) is 0 Å². The minimum Gasteiger partial charge on any atom is -0.460 e. The Balaban J connectivity index is 3.96. The molecule has 0 bridgehead atoms. The number of ether oxygens (including phenoxy) is 4. The van der Waals surface area contributed by atoms with Gasteiger partial charge in [-0.15, -0.1) is 0 Å². The second-order valence-electron chi connectivity index (χ2n) is 8.43. The average Bonchev–Trinajstić information content (AvgIpc) is 2.80. The van der Waals surface area contributed by atoms with E-state index in [2.05, 4.69) is 32.1 Å². The van der Waals surface area contributed by atoms with Gasteiger partial charge in [0.15, 0.2) is 0 Å². The van der Waals surface area contributed by atoms with Gasteiger partial charge < -0.3 is 18.9 Å². The van der Waals surface area contributed by atoms with Gasteiger partial charge in [0.25, 0.3) is 11.2 Å². The maximum Gasteiger partial charge on any atom is 0.430 e. The highest BCUT2D eigenvalue weighted by Gasteiger charge is 2.79. The van der Waals surface area contributed by atoms with Crippen LogP contribution in [0.2, 0.25) is 0 Å². The minimum atomic E-state index is -6.75. The Morgan fingerprint density at radius 2 is 0.833 bits per heavy atom. The van der Waals surface area contributed by atoms with E-state index in [9.17, 15) is 62.3 Å². The van der Waals surface area contributed by atoms with E-state index in [4.69, 9.17) is 0 Å². The predicted octanol–water partition coefficient (Wildman–Crippen LogP) is 6.60. The van der Waals surface area contributed by atoms with Crippen molar-refractivity contribution in [2.75, 3.05) is 26.4 Å². The SMILES string of the molecule is C=C(C)C(=O)OCCOC(c1ccccc1C(OCCOC(=O)C(=C)C)(C(F)(F)F)C(F)(F)F)(C(F)(F)F)C(F)(F)F. The fourth-order valence-electron chi connectivity index (χ4n) is 3.42. The van der Waals surface area contributed by atoms with Crippen LogP contribution in [0.4, 0.5) is 52.7 Å². The Labute approximate surface area is 229 Å². The standard InChI is InChI=1S/C24H22F12O6/c1-13(2)17(37)39-9-11-41-19(21(25,26)27,22(28,29)30)15-7-5-6-8-16(15)20(23(31,32)33,24(34,35)36)42-12-10-40-18(38)14(3)4/h5-8H,1,3,9-12H2,2,4H3. The van der Waals surface area contributed by atoms with Crippen LogP contribution in [0, 0.1) is 0 Å². The van der Waals surface area contributed by atoms with Gasteiger partial charge in [0.2, 0.25) is 0 Å². The first-order chi connectivity index (χ1) is 18.9. The van der Waals surface area contributed by atoms with Crippen molar-refractivity contribution in [3.05, 3.63) is 59.7 Å². The summed E-state index contributed by atoms with van der Waals surface area (Å²) >= 11 is 0. The van der Waals surface area contributed by atoms with E-state index in [1.54, 1.807) is 0 Å². The normalized spacial score (nSPS) is 13.5. The zero-order valence-corrected chi connectivity index (χ0v) is 21.5. The van der Waals surface area contributed by atoms with Crippen molar-refractivity contribution >= 4 is 11.9 Å². The molecule has 6 nitrogen and oxygen atoms in total. The van der Waals surface area contributed by atoms with Crippen LogP contribution in [0.15, 0.2) is 48.6 Å². The van der Waals surface area contributed by atoms with Crippen molar-refractivity contribution in [3.63, 3.8) is 0 Å². The van der Waals surface area contributed by atoms with Gasteiger partial charge in [0, 0.05) is 22.3 Å². The van der Waals surface area contributed by atoms with Gasteiger partial charge in [-0.05, 0) is 13.8 Å². The molecule has 42 heavy (non-hydrogen) atoms. The fraction of sp³-hybridized carbons (Fsp3) is 0.500. The van der Waals surface area contributed by atoms with Crippen LogP contribution in [0.5, 0.6) is 0 Å². The fourth-order valence-corrected chi connectivity index (χ4v) is 3.42. The Bertz CT molecular complexity index is 1030. The lowest BCUT2D eigenvalue weighted by atomic mass is 9.80. The molecule has 0 unspecified atom stereocenters. The summed E-state index contributed by atoms with van der Waals surface area (Å²) in [6, 6.07) is 0.0170. The average molecular weight is 634 g/mol. The van der Waals surface area contributed by atoms with Gasteiger partial charge in [-0.2, -0.15) is 52.7 Å². The molecule has 238 valence electrons. The molecule has 0 spiro atoms. The molecule has 0 aliphatic carbocycles. The Hall–Kier alpha value is -3.28. The molecule has 0 heterocycles. The van der Waals surface area contributed by atoms with Gasteiger partial charge >= 0.3 is 36.6 Å². The predicted molar refractivity (Wildman–Crippen MR) is 117 cm³/mol. The summed E-state index contributed by atoms with van der Waals surface area (Å²) in [4.78, 5) is 22.8. The summed E-state index contributed by atoms with van der Waals surface area (Å²) in [5.74, 6) is -2.59. The summed E-state index contributed by atoms with van der Waals surface area (Å²) in [6.45, 7) is 2.06. The van der Waals surface area contributed by atoms with E-state index >= 15 is 0 Å². The van der Waals surface area contributed by atoms with Crippen molar-refractivity contribution < 1.29 is 81.2 Å². The number of benzene rings is 1. The van der Waals surface area contributed by atoms with Gasteiger partial charge in [-0.25, -0.2) is 9.59 Å². The largest absolute Gasteiger partial charge is 0.460 e. The first-order valence-electron chi connectivity index (χ1n) is 11.2. The van der Waals surface area contributed by atoms with Crippen molar-refractivity contribution in [3.8, 4) is 0 Å². The molecule has 0 saturated carbocycles. The summed E-state index contributed by atoms with van der Waals surface area (Å²) in [5.41, 5.74) is -17.7. The molecular weight excluding hydrogens is 612 g/mol. The summed E-state index contributed by atoms with van der Waals surface area (Å²) in [5, 5.41) is 0. The number of esters is 2. The smallest absolute Gasteiger partial charge is 0.430 e. The maximum absolute atomic E-state index is 14.3. The number of hydrogen-bond donors (Lipinski definition) is 0. The highest BCUT2D eigenvalue weighted by Crippen LogP contribution is 2.59. The third-order valence-electron chi connectivity index (χ3n) is 5.25. The third kappa shape index (κ3) is 7.37. The first kappa shape index (κ1) is 36.7. The van der Waals surface area contributed by atoms with Crippen molar-refractivity contribution in [1.82, 2.24) is 0 Å². The van der Waals surface area contributed by atoms with Gasteiger partial charge in [-0.1, -0.05) is 37.4 Å². The first-order valence-corrected chi connectivity index (χ1v) is 11.2. The molecule has 0 fully saturated rings.